The molecule has 1 atom stereocenters. The van der Waals surface area contributed by atoms with Crippen molar-refractivity contribution in [1.29, 1.82) is 5.41 Å². The van der Waals surface area contributed by atoms with Crippen molar-refractivity contribution in [3.05, 3.63) is 36.0 Å². The van der Waals surface area contributed by atoms with Gasteiger partial charge in [0.05, 0.1) is 43.3 Å². The zero-order valence-corrected chi connectivity index (χ0v) is 18.8. The van der Waals surface area contributed by atoms with E-state index >= 15 is 0 Å². The van der Waals surface area contributed by atoms with E-state index in [1.54, 1.807) is 28.9 Å². The molecule has 2 amide bonds. The number of benzene rings is 1. The molecule has 1 aromatic heterocycles. The third kappa shape index (κ3) is 4.81. The van der Waals surface area contributed by atoms with E-state index in [1.165, 1.54) is 0 Å². The number of carbonyl (C=O) groups is 2. The van der Waals surface area contributed by atoms with Gasteiger partial charge in [-0.25, -0.2) is 0 Å². The predicted octanol–water partition coefficient (Wildman–Crippen LogP) is 1.72. The molecule has 170 valence electrons. The van der Waals surface area contributed by atoms with Gasteiger partial charge in [0.25, 0.3) is 5.91 Å². The van der Waals surface area contributed by atoms with Crippen molar-refractivity contribution >= 4 is 46.1 Å². The average Bonchev–Trinajstić information content (AvgIpc) is 3.32. The quantitative estimate of drug-likeness (QED) is 0.502. The summed E-state index contributed by atoms with van der Waals surface area (Å²) in [7, 11) is 0. The molecule has 3 heterocycles. The number of hydrogen-bond donors (Lipinski definition) is 2. The molecule has 2 aliphatic rings. The lowest BCUT2D eigenvalue weighted by atomic mass is 10.1. The number of amides is 2. The van der Waals surface area contributed by atoms with Crippen LogP contribution in [-0.2, 0) is 14.3 Å². The molecule has 0 spiro atoms. The highest BCUT2D eigenvalue weighted by atomic mass is 32.2. The molecule has 1 aromatic carbocycles. The van der Waals surface area contributed by atoms with Crippen LogP contribution in [0.15, 0.2) is 30.5 Å². The minimum Gasteiger partial charge on any atom is -0.480 e. The lowest BCUT2D eigenvalue weighted by molar-refractivity contribution is -0.129. The second kappa shape index (κ2) is 10.2. The van der Waals surface area contributed by atoms with Crippen LogP contribution in [0.2, 0.25) is 0 Å². The van der Waals surface area contributed by atoms with Crippen LogP contribution in [0.25, 0.3) is 10.9 Å². The Kier molecular flexibility index (Phi) is 7.11. The zero-order valence-electron chi connectivity index (χ0n) is 18.0. The van der Waals surface area contributed by atoms with Crippen molar-refractivity contribution in [2.45, 2.75) is 13.0 Å². The van der Waals surface area contributed by atoms with E-state index in [2.05, 4.69) is 15.2 Å². The molecule has 0 unspecified atom stereocenters. The monoisotopic (exact) mass is 457 g/mol. The molecule has 2 saturated heterocycles. The maximum Gasteiger partial charge on any atom is 0.252 e. The summed E-state index contributed by atoms with van der Waals surface area (Å²) in [6.07, 6.45) is 1.60. The number of rotatable bonds is 6. The summed E-state index contributed by atoms with van der Waals surface area (Å²) >= 11 is 1.57. The number of nitrogens with zero attached hydrogens (tertiary/aromatic N) is 3. The maximum absolute atomic E-state index is 13.0. The number of fused-ring (bicyclic) bond motifs is 1. The third-order valence-corrected chi connectivity index (χ3v) is 6.56. The van der Waals surface area contributed by atoms with Gasteiger partial charge in [0.15, 0.2) is 0 Å². The average molecular weight is 458 g/mol. The van der Waals surface area contributed by atoms with Crippen LogP contribution < -0.4 is 10.2 Å². The Bertz CT molecular complexity index is 1010. The molecule has 2 fully saturated rings. The van der Waals surface area contributed by atoms with Gasteiger partial charge in [0.1, 0.15) is 6.04 Å². The van der Waals surface area contributed by atoms with E-state index in [1.807, 2.05) is 25.1 Å². The number of nitrogens with one attached hydrogen (secondary N) is 2. The normalized spacial score (nSPS) is 18.6. The number of anilines is 1. The van der Waals surface area contributed by atoms with Crippen LogP contribution in [0.5, 0.6) is 0 Å². The molecule has 0 aliphatic carbocycles. The molecule has 9 nitrogen and oxygen atoms in total. The third-order valence-electron chi connectivity index (χ3n) is 5.55. The molecule has 0 saturated carbocycles. The summed E-state index contributed by atoms with van der Waals surface area (Å²) in [5.41, 5.74) is 2.22. The molecule has 0 bridgehead atoms. The van der Waals surface area contributed by atoms with Crippen LogP contribution in [0.1, 0.15) is 17.3 Å². The Hall–Kier alpha value is -2.85. The van der Waals surface area contributed by atoms with Crippen LogP contribution in [-0.4, -0.2) is 84.7 Å². The summed E-state index contributed by atoms with van der Waals surface area (Å²) in [6.45, 7) is 5.02. The fourth-order valence-corrected chi connectivity index (χ4v) is 5.04. The van der Waals surface area contributed by atoms with Gasteiger partial charge < -0.3 is 24.6 Å². The van der Waals surface area contributed by atoms with Crippen LogP contribution in [0.3, 0.4) is 0 Å². The van der Waals surface area contributed by atoms with E-state index in [9.17, 15) is 9.59 Å². The summed E-state index contributed by atoms with van der Waals surface area (Å²) in [4.78, 5) is 33.9. The van der Waals surface area contributed by atoms with Gasteiger partial charge in [-0.05, 0) is 31.2 Å². The molecule has 10 heteroatoms. The SMILES string of the molecule is CCOC(=N)[C@@H]1CSCN1C(=O)CNC(=O)c1ccnc2ccc(N3CCOCC3)cc12. The second-order valence-corrected chi connectivity index (χ2v) is 8.52. The minimum absolute atomic E-state index is 0.0907. The Morgan fingerprint density at radius 1 is 1.31 bits per heavy atom. The smallest absolute Gasteiger partial charge is 0.252 e. The standard InChI is InChI=1S/C22H27N5O4S/c1-2-31-21(23)19-13-32-14-27(19)20(28)12-25-22(29)16-5-6-24-18-4-3-15(11-17(16)18)26-7-9-30-10-8-26/h3-6,11,19,23H,2,7-10,12-14H2,1H3,(H,25,29)/t19-/m0/s1. The Balaban J connectivity index is 1.46. The molecular weight excluding hydrogens is 430 g/mol. The van der Waals surface area contributed by atoms with Crippen LogP contribution >= 0.6 is 11.8 Å². The molecule has 0 radical (unpaired) electrons. The molecule has 2 aliphatic heterocycles. The van der Waals surface area contributed by atoms with Crippen molar-refractivity contribution in [2.75, 3.05) is 56.0 Å². The summed E-state index contributed by atoms with van der Waals surface area (Å²) in [5, 5.41) is 11.5. The lowest BCUT2D eigenvalue weighted by Crippen LogP contribution is -2.46. The predicted molar refractivity (Wildman–Crippen MR) is 124 cm³/mol. The number of ether oxygens (including phenoxy) is 2. The zero-order chi connectivity index (χ0) is 22.5. The van der Waals surface area contributed by atoms with E-state index in [0.717, 1.165) is 29.7 Å². The Morgan fingerprint density at radius 2 is 2.12 bits per heavy atom. The first-order valence-corrected chi connectivity index (χ1v) is 11.8. The van der Waals surface area contributed by atoms with Gasteiger partial charge in [-0.3, -0.25) is 20.0 Å². The van der Waals surface area contributed by atoms with Crippen LogP contribution in [0, 0.1) is 5.41 Å². The van der Waals surface area contributed by atoms with E-state index in [-0.39, 0.29) is 30.3 Å². The van der Waals surface area contributed by atoms with Gasteiger partial charge in [-0.2, -0.15) is 0 Å². The summed E-state index contributed by atoms with van der Waals surface area (Å²) < 4.78 is 10.7. The van der Waals surface area contributed by atoms with Crippen LogP contribution in [0.4, 0.5) is 5.69 Å². The van der Waals surface area contributed by atoms with Gasteiger partial charge in [-0.15, -0.1) is 11.8 Å². The van der Waals surface area contributed by atoms with E-state index < -0.39 is 0 Å². The largest absolute Gasteiger partial charge is 0.480 e. The van der Waals surface area contributed by atoms with Gasteiger partial charge in [-0.1, -0.05) is 0 Å². The first-order chi connectivity index (χ1) is 15.6. The second-order valence-electron chi connectivity index (χ2n) is 7.52. The molecule has 2 aromatic rings. The molecule has 4 rings (SSSR count). The van der Waals surface area contributed by atoms with Crippen molar-refractivity contribution in [2.24, 2.45) is 0 Å². The highest BCUT2D eigenvalue weighted by Crippen LogP contribution is 2.25. The molecular formula is C22H27N5O4S. The fourth-order valence-electron chi connectivity index (χ4n) is 3.86. The number of aromatic nitrogens is 1. The first-order valence-electron chi connectivity index (χ1n) is 10.7. The first kappa shape index (κ1) is 22.3. The Labute approximate surface area is 190 Å². The van der Waals surface area contributed by atoms with Crippen molar-refractivity contribution in [3.63, 3.8) is 0 Å². The van der Waals surface area contributed by atoms with Gasteiger partial charge in [0.2, 0.25) is 11.8 Å². The molecule has 2 N–H and O–H groups in total. The summed E-state index contributed by atoms with van der Waals surface area (Å²) in [5.74, 6) is 0.639. The van der Waals surface area contributed by atoms with E-state index in [4.69, 9.17) is 14.9 Å². The minimum atomic E-state index is -0.387. The number of hydrogen-bond acceptors (Lipinski definition) is 8. The Morgan fingerprint density at radius 3 is 2.91 bits per heavy atom. The van der Waals surface area contributed by atoms with Crippen molar-refractivity contribution < 1.29 is 19.1 Å². The van der Waals surface area contributed by atoms with Crippen molar-refractivity contribution in [3.8, 4) is 0 Å². The number of thioether (sulfide) groups is 1. The highest BCUT2D eigenvalue weighted by Gasteiger charge is 2.33. The number of pyridine rings is 1. The number of carbonyl (C=O) groups excluding carboxylic acids is 2. The fraction of sp³-hybridized carbons (Fsp3) is 0.455. The van der Waals surface area contributed by atoms with Crippen molar-refractivity contribution in [1.82, 2.24) is 15.2 Å². The maximum atomic E-state index is 13.0. The highest BCUT2D eigenvalue weighted by molar-refractivity contribution is 7.99. The van der Waals surface area contributed by atoms with E-state index in [0.29, 0.717) is 37.0 Å². The topological polar surface area (TPSA) is 108 Å². The lowest BCUT2D eigenvalue weighted by Gasteiger charge is -2.29. The summed E-state index contributed by atoms with van der Waals surface area (Å²) in [6, 6.07) is 7.17. The van der Waals surface area contributed by atoms with Gasteiger partial charge in [0, 0.05) is 36.1 Å². The number of morpholine rings is 1. The van der Waals surface area contributed by atoms with Gasteiger partial charge >= 0.3 is 0 Å². The molecule has 32 heavy (non-hydrogen) atoms.